The monoisotopic (exact) mass is 399 g/mol. The average Bonchev–Trinajstić information content (AvgIpc) is 3.07. The van der Waals surface area contributed by atoms with Gasteiger partial charge in [0.25, 0.3) is 0 Å². The van der Waals surface area contributed by atoms with Crippen LogP contribution in [0, 0.1) is 5.92 Å². The van der Waals surface area contributed by atoms with Crippen LogP contribution >= 0.6 is 0 Å². The molecule has 154 valence electrons. The Morgan fingerprint density at radius 1 is 0.900 bits per heavy atom. The number of carbonyl (C=O) groups excluding carboxylic acids is 1. The summed E-state index contributed by atoms with van der Waals surface area (Å²) >= 11 is 0. The summed E-state index contributed by atoms with van der Waals surface area (Å²) in [5, 5.41) is 5.90. The van der Waals surface area contributed by atoms with Crippen molar-refractivity contribution in [2.75, 3.05) is 17.6 Å². The summed E-state index contributed by atoms with van der Waals surface area (Å²) in [5.74, 6) is 0.396. The number of nitrogens with one attached hydrogen (secondary N) is 1. The molecule has 0 bridgehead atoms. The van der Waals surface area contributed by atoms with Gasteiger partial charge in [0.15, 0.2) is 0 Å². The average molecular weight is 400 g/mol. The van der Waals surface area contributed by atoms with E-state index in [0.29, 0.717) is 5.92 Å². The summed E-state index contributed by atoms with van der Waals surface area (Å²) in [6.07, 6.45) is 8.62. The number of benzene rings is 3. The normalized spacial score (nSPS) is 16.3. The molecule has 5 rings (SSSR count). The fraction of sp³-hybridized carbons (Fsp3) is 0.308. The number of aldehydes is 1. The summed E-state index contributed by atoms with van der Waals surface area (Å²) < 4.78 is 0. The van der Waals surface area contributed by atoms with E-state index in [-0.39, 0.29) is 0 Å². The summed E-state index contributed by atoms with van der Waals surface area (Å²) in [4.78, 5) is 15.1. The number of rotatable bonds is 2. The molecule has 0 radical (unpaired) electrons. The highest BCUT2D eigenvalue weighted by Gasteiger charge is 2.13. The molecular formula is C26H29N3O. The van der Waals surface area contributed by atoms with Gasteiger partial charge in [0, 0.05) is 11.6 Å². The number of nitrogens with zero attached hydrogens (tertiary/aromatic N) is 1. The van der Waals surface area contributed by atoms with Gasteiger partial charge in [-0.25, -0.2) is 4.99 Å². The van der Waals surface area contributed by atoms with Crippen molar-refractivity contribution < 1.29 is 4.79 Å². The third-order valence-corrected chi connectivity index (χ3v) is 5.90. The lowest BCUT2D eigenvalue weighted by Gasteiger charge is -2.18. The van der Waals surface area contributed by atoms with Gasteiger partial charge in [-0.3, -0.25) is 0 Å². The fourth-order valence-electron chi connectivity index (χ4n) is 4.12. The molecule has 3 N–H and O–H groups in total. The topological polar surface area (TPSA) is 67.5 Å². The second-order valence-electron chi connectivity index (χ2n) is 8.14. The molecule has 4 nitrogen and oxygen atoms in total. The molecule has 0 saturated heterocycles. The minimum atomic E-state index is 0.396. The highest BCUT2D eigenvalue weighted by molar-refractivity contribution is 6.08. The number of hydrogen-bond acceptors (Lipinski definition) is 4. The number of nitrogens with two attached hydrogens (primary N) is 1. The molecule has 1 fully saturated rings. The third-order valence-electron chi connectivity index (χ3n) is 5.90. The number of hydrogen-bond donors (Lipinski definition) is 2. The van der Waals surface area contributed by atoms with Gasteiger partial charge >= 0.3 is 0 Å². The van der Waals surface area contributed by atoms with Crippen molar-refractivity contribution in [3.05, 3.63) is 66.2 Å². The van der Waals surface area contributed by atoms with Crippen molar-refractivity contribution in [1.82, 2.24) is 0 Å². The van der Waals surface area contributed by atoms with Gasteiger partial charge in [0.05, 0.1) is 23.6 Å². The minimum Gasteiger partial charge on any atom is -0.399 e. The van der Waals surface area contributed by atoms with Gasteiger partial charge in [-0.15, -0.1) is 0 Å². The first kappa shape index (κ1) is 20.1. The van der Waals surface area contributed by atoms with Crippen LogP contribution < -0.4 is 11.1 Å². The maximum absolute atomic E-state index is 10.3. The fourth-order valence-corrected chi connectivity index (χ4v) is 4.12. The van der Waals surface area contributed by atoms with Gasteiger partial charge in [0.2, 0.25) is 0 Å². The minimum absolute atomic E-state index is 0.396. The second-order valence-corrected chi connectivity index (χ2v) is 8.14. The first-order valence-corrected chi connectivity index (χ1v) is 10.9. The van der Waals surface area contributed by atoms with Gasteiger partial charge in [0.1, 0.15) is 6.29 Å². The van der Waals surface area contributed by atoms with Crippen LogP contribution in [-0.4, -0.2) is 18.5 Å². The number of fused-ring (bicyclic) bond motifs is 2. The zero-order valence-corrected chi connectivity index (χ0v) is 17.3. The molecule has 0 aromatic heterocycles. The Morgan fingerprint density at radius 2 is 1.57 bits per heavy atom. The summed E-state index contributed by atoms with van der Waals surface area (Å²) in [7, 11) is 0. The lowest BCUT2D eigenvalue weighted by atomic mass is 10.0. The molecule has 4 heteroatoms. The Kier molecular flexibility index (Phi) is 6.43. The Bertz CT molecular complexity index is 1030. The van der Waals surface area contributed by atoms with Crippen LogP contribution in [0.2, 0.25) is 0 Å². The van der Waals surface area contributed by atoms with E-state index in [1.165, 1.54) is 36.5 Å². The van der Waals surface area contributed by atoms with Crippen molar-refractivity contribution in [1.29, 1.82) is 0 Å². The standard InChI is InChI=1S/C18H15N3.C8H14O/c19-15-7-5-12(6-8-15)18-11-20-16-9-13-3-1-2-4-14(13)10-17(16)21-18;9-7-8-5-3-1-2-4-6-8/h1-10,20H,11,19H2;7-8H,1-6H2. The smallest absolute Gasteiger partial charge is 0.123 e. The van der Waals surface area contributed by atoms with Crippen LogP contribution in [0.3, 0.4) is 0 Å². The van der Waals surface area contributed by atoms with E-state index < -0.39 is 0 Å². The third kappa shape index (κ3) is 4.88. The summed E-state index contributed by atoms with van der Waals surface area (Å²) in [5.41, 5.74) is 10.7. The van der Waals surface area contributed by atoms with Crippen molar-refractivity contribution >= 4 is 39.8 Å². The molecule has 0 spiro atoms. The van der Waals surface area contributed by atoms with E-state index in [2.05, 4.69) is 41.7 Å². The van der Waals surface area contributed by atoms with Crippen molar-refractivity contribution in [2.24, 2.45) is 10.9 Å². The summed E-state index contributed by atoms with van der Waals surface area (Å²) in [6, 6.07) is 20.5. The van der Waals surface area contributed by atoms with E-state index in [4.69, 9.17) is 10.7 Å². The van der Waals surface area contributed by atoms with Crippen LogP contribution in [0.15, 0.2) is 65.7 Å². The van der Waals surface area contributed by atoms with Crippen LogP contribution in [0.4, 0.5) is 17.1 Å². The molecule has 0 unspecified atom stereocenters. The van der Waals surface area contributed by atoms with Crippen LogP contribution in [0.1, 0.15) is 44.1 Å². The van der Waals surface area contributed by atoms with Crippen molar-refractivity contribution in [2.45, 2.75) is 38.5 Å². The molecule has 30 heavy (non-hydrogen) atoms. The Morgan fingerprint density at radius 3 is 2.23 bits per heavy atom. The largest absolute Gasteiger partial charge is 0.399 e. The Balaban J connectivity index is 0.000000204. The predicted octanol–water partition coefficient (Wildman–Crippen LogP) is 6.12. The zero-order valence-electron chi connectivity index (χ0n) is 17.3. The van der Waals surface area contributed by atoms with E-state index in [9.17, 15) is 4.79 Å². The van der Waals surface area contributed by atoms with Crippen LogP contribution in [-0.2, 0) is 4.79 Å². The van der Waals surface area contributed by atoms with Crippen LogP contribution in [0.25, 0.3) is 10.8 Å². The quantitative estimate of drug-likeness (QED) is 0.310. The SMILES string of the molecule is Nc1ccc(C2=Nc3cc4ccccc4cc3NC2)cc1.O=CC1CCCCCC1. The number of nitrogen functional groups attached to an aromatic ring is 1. The molecule has 1 aliphatic heterocycles. The Labute approximate surface area is 178 Å². The summed E-state index contributed by atoms with van der Waals surface area (Å²) in [6.45, 7) is 0.731. The number of anilines is 2. The van der Waals surface area contributed by atoms with Crippen LogP contribution in [0.5, 0.6) is 0 Å². The van der Waals surface area contributed by atoms with E-state index >= 15 is 0 Å². The molecule has 3 aromatic carbocycles. The number of aliphatic imine (C=N–C) groups is 1. The molecule has 0 atom stereocenters. The molecule has 1 aliphatic carbocycles. The lowest BCUT2D eigenvalue weighted by molar-refractivity contribution is -0.111. The maximum atomic E-state index is 10.3. The maximum Gasteiger partial charge on any atom is 0.123 e. The van der Waals surface area contributed by atoms with Gasteiger partial charge in [-0.2, -0.15) is 0 Å². The van der Waals surface area contributed by atoms with Gasteiger partial charge in [-0.05, 0) is 53.4 Å². The van der Waals surface area contributed by atoms with E-state index in [0.717, 1.165) is 54.0 Å². The lowest BCUT2D eigenvalue weighted by Crippen LogP contribution is -2.18. The number of carbonyl (C=O) groups is 1. The highest BCUT2D eigenvalue weighted by Crippen LogP contribution is 2.33. The van der Waals surface area contributed by atoms with Crippen molar-refractivity contribution in [3.8, 4) is 0 Å². The molecular weight excluding hydrogens is 370 g/mol. The van der Waals surface area contributed by atoms with Gasteiger partial charge in [-0.1, -0.05) is 62.1 Å². The molecule has 1 heterocycles. The second kappa shape index (κ2) is 9.57. The first-order chi connectivity index (χ1) is 14.7. The molecule has 2 aliphatic rings. The van der Waals surface area contributed by atoms with E-state index in [1.54, 1.807) is 0 Å². The van der Waals surface area contributed by atoms with E-state index in [1.807, 2.05) is 24.3 Å². The highest BCUT2D eigenvalue weighted by atomic mass is 16.1. The van der Waals surface area contributed by atoms with Gasteiger partial charge < -0.3 is 15.8 Å². The molecule has 1 saturated carbocycles. The predicted molar refractivity (Wildman–Crippen MR) is 127 cm³/mol. The molecule has 0 amide bonds. The first-order valence-electron chi connectivity index (χ1n) is 10.9. The van der Waals surface area contributed by atoms with Crippen molar-refractivity contribution in [3.63, 3.8) is 0 Å². The Hall–Kier alpha value is -3.14. The molecule has 3 aromatic rings. The zero-order chi connectivity index (χ0) is 20.8.